The van der Waals surface area contributed by atoms with Crippen molar-refractivity contribution in [2.45, 2.75) is 59.3 Å². The summed E-state index contributed by atoms with van der Waals surface area (Å²) in [6, 6.07) is 0. The summed E-state index contributed by atoms with van der Waals surface area (Å²) in [5, 5.41) is 0. The predicted molar refractivity (Wildman–Crippen MR) is 66.5 cm³/mol. The first-order chi connectivity index (χ1) is 6.86. The normalized spacial score (nSPS) is 12.1. The van der Waals surface area contributed by atoms with E-state index in [1.165, 1.54) is 4.88 Å². The fourth-order valence-electron chi connectivity index (χ4n) is 1.80. The van der Waals surface area contributed by atoms with Crippen molar-refractivity contribution in [2.24, 2.45) is 0 Å². The van der Waals surface area contributed by atoms with E-state index in [1.807, 2.05) is 0 Å². The maximum absolute atomic E-state index is 14.2. The third-order valence-electron chi connectivity index (χ3n) is 2.56. The highest BCUT2D eigenvalue weighted by atomic mass is 32.1. The second-order valence-corrected chi connectivity index (χ2v) is 6.11. The zero-order chi connectivity index (χ0) is 11.7. The van der Waals surface area contributed by atoms with Gasteiger partial charge in [-0.15, -0.1) is 11.3 Å². The van der Waals surface area contributed by atoms with Crippen LogP contribution in [0.4, 0.5) is 4.39 Å². The lowest BCUT2D eigenvalue weighted by Crippen LogP contribution is -1.96. The largest absolute Gasteiger partial charge is 0.205 e. The van der Waals surface area contributed by atoms with Crippen LogP contribution in [0.3, 0.4) is 0 Å². The second kappa shape index (κ2) is 4.65. The maximum atomic E-state index is 14.2. The van der Waals surface area contributed by atoms with Crippen LogP contribution in [0.1, 0.15) is 74.6 Å². The molecule has 0 aliphatic carbocycles. The van der Waals surface area contributed by atoms with Crippen molar-refractivity contribution >= 4 is 11.3 Å². The molecule has 0 N–H and O–H groups in total. The molecule has 15 heavy (non-hydrogen) atoms. The highest BCUT2D eigenvalue weighted by Crippen LogP contribution is 2.40. The summed E-state index contributed by atoms with van der Waals surface area (Å²) in [6.07, 6.45) is 0. The summed E-state index contributed by atoms with van der Waals surface area (Å²) in [6.45, 7) is 12.5. The summed E-state index contributed by atoms with van der Waals surface area (Å²) in [5.74, 6) is 1.05. The number of hydrogen-bond acceptors (Lipinski definition) is 1. The second-order valence-electron chi connectivity index (χ2n) is 5.02. The van der Waals surface area contributed by atoms with Crippen LogP contribution in [0, 0.1) is 5.82 Å². The topological polar surface area (TPSA) is 0 Å². The predicted octanol–water partition coefficient (Wildman–Crippen LogP) is 5.26. The Labute approximate surface area is 96.5 Å². The maximum Gasteiger partial charge on any atom is 0.141 e. The van der Waals surface area contributed by atoms with Crippen molar-refractivity contribution in [3.8, 4) is 0 Å². The third kappa shape index (κ3) is 2.41. The van der Waals surface area contributed by atoms with Gasteiger partial charge in [0.05, 0.1) is 0 Å². The molecular formula is C13H21FS. The monoisotopic (exact) mass is 228 g/mol. The quantitative estimate of drug-likeness (QED) is 0.662. The van der Waals surface area contributed by atoms with Gasteiger partial charge in [-0.25, -0.2) is 4.39 Å². The number of halogens is 1. The molecule has 0 atom stereocenters. The SMILES string of the molecule is CC(C)c1sc(C(C)C)c(C(C)C)c1F. The number of rotatable bonds is 3. The molecule has 0 spiro atoms. The Bertz CT molecular complexity index is 335. The molecule has 0 unspecified atom stereocenters. The van der Waals surface area contributed by atoms with Crippen molar-refractivity contribution in [1.29, 1.82) is 0 Å². The standard InChI is InChI=1S/C13H21FS/c1-7(2)10-11(14)13(9(5)6)15-12(10)8(3)4/h7-9H,1-6H3. The van der Waals surface area contributed by atoms with Crippen LogP contribution in [0.5, 0.6) is 0 Å². The van der Waals surface area contributed by atoms with Gasteiger partial charge in [0.25, 0.3) is 0 Å². The van der Waals surface area contributed by atoms with E-state index in [0.717, 1.165) is 10.4 Å². The summed E-state index contributed by atoms with van der Waals surface area (Å²) in [4.78, 5) is 2.15. The van der Waals surface area contributed by atoms with Crippen LogP contribution in [0.25, 0.3) is 0 Å². The molecule has 0 bridgehead atoms. The molecule has 0 saturated heterocycles. The van der Waals surface area contributed by atoms with Crippen LogP contribution in [-0.4, -0.2) is 0 Å². The molecule has 0 aliphatic rings. The zero-order valence-corrected chi connectivity index (χ0v) is 11.3. The minimum atomic E-state index is 0.0497. The summed E-state index contributed by atoms with van der Waals surface area (Å²) < 4.78 is 14.2. The summed E-state index contributed by atoms with van der Waals surface area (Å²) in [5.41, 5.74) is 0.943. The Balaban J connectivity index is 3.33. The van der Waals surface area contributed by atoms with E-state index in [1.54, 1.807) is 11.3 Å². The lowest BCUT2D eigenvalue weighted by Gasteiger charge is -2.09. The van der Waals surface area contributed by atoms with Gasteiger partial charge in [-0.05, 0) is 17.8 Å². The smallest absolute Gasteiger partial charge is 0.141 e. The van der Waals surface area contributed by atoms with Gasteiger partial charge in [0.1, 0.15) is 5.82 Å². The van der Waals surface area contributed by atoms with Gasteiger partial charge in [-0.1, -0.05) is 41.5 Å². The minimum absolute atomic E-state index is 0.0497. The highest BCUT2D eigenvalue weighted by Gasteiger charge is 2.23. The zero-order valence-electron chi connectivity index (χ0n) is 10.5. The molecule has 0 nitrogen and oxygen atoms in total. The van der Waals surface area contributed by atoms with Crippen LogP contribution in [0.15, 0.2) is 0 Å². The molecule has 1 aromatic heterocycles. The van der Waals surface area contributed by atoms with Crippen molar-refractivity contribution in [3.05, 3.63) is 21.1 Å². The molecule has 0 fully saturated rings. The molecule has 1 aromatic rings. The van der Waals surface area contributed by atoms with E-state index in [0.29, 0.717) is 11.8 Å². The molecule has 0 saturated carbocycles. The van der Waals surface area contributed by atoms with E-state index in [9.17, 15) is 4.39 Å². The molecule has 0 aromatic carbocycles. The molecule has 86 valence electrons. The van der Waals surface area contributed by atoms with Crippen molar-refractivity contribution in [2.75, 3.05) is 0 Å². The average Bonchev–Trinajstić information content (AvgIpc) is 2.42. The Morgan fingerprint density at radius 2 is 1.27 bits per heavy atom. The van der Waals surface area contributed by atoms with Gasteiger partial charge in [-0.3, -0.25) is 0 Å². The minimum Gasteiger partial charge on any atom is -0.205 e. The van der Waals surface area contributed by atoms with Gasteiger partial charge in [-0.2, -0.15) is 0 Å². The van der Waals surface area contributed by atoms with Crippen molar-refractivity contribution in [3.63, 3.8) is 0 Å². The van der Waals surface area contributed by atoms with Gasteiger partial charge in [0.2, 0.25) is 0 Å². The van der Waals surface area contributed by atoms with E-state index < -0.39 is 0 Å². The Hall–Kier alpha value is -0.370. The third-order valence-corrected chi connectivity index (χ3v) is 4.35. The van der Waals surface area contributed by atoms with Crippen LogP contribution in [0.2, 0.25) is 0 Å². The summed E-state index contributed by atoms with van der Waals surface area (Å²) >= 11 is 1.66. The lowest BCUT2D eigenvalue weighted by molar-refractivity contribution is 0.579. The highest BCUT2D eigenvalue weighted by molar-refractivity contribution is 7.12. The molecular weight excluding hydrogens is 207 g/mol. The van der Waals surface area contributed by atoms with Crippen molar-refractivity contribution < 1.29 is 4.39 Å². The Morgan fingerprint density at radius 3 is 1.53 bits per heavy atom. The molecule has 2 heteroatoms. The first kappa shape index (κ1) is 12.7. The van der Waals surface area contributed by atoms with E-state index >= 15 is 0 Å². The number of hydrogen-bond donors (Lipinski definition) is 0. The van der Waals surface area contributed by atoms with Gasteiger partial charge in [0.15, 0.2) is 0 Å². The van der Waals surface area contributed by atoms with Crippen LogP contribution < -0.4 is 0 Å². The van der Waals surface area contributed by atoms with E-state index in [4.69, 9.17) is 0 Å². The van der Waals surface area contributed by atoms with E-state index in [-0.39, 0.29) is 11.7 Å². The first-order valence-corrected chi connectivity index (χ1v) is 6.49. The first-order valence-electron chi connectivity index (χ1n) is 5.68. The molecule has 0 radical (unpaired) electrons. The Kier molecular flexibility index (Phi) is 3.93. The summed E-state index contributed by atoms with van der Waals surface area (Å²) in [7, 11) is 0. The lowest BCUT2D eigenvalue weighted by atomic mass is 9.97. The van der Waals surface area contributed by atoms with Crippen LogP contribution in [-0.2, 0) is 0 Å². The Morgan fingerprint density at radius 1 is 0.800 bits per heavy atom. The van der Waals surface area contributed by atoms with Crippen LogP contribution >= 0.6 is 11.3 Å². The fourth-order valence-corrected chi connectivity index (χ4v) is 3.14. The molecule has 1 heterocycles. The van der Waals surface area contributed by atoms with Gasteiger partial charge < -0.3 is 0 Å². The number of thiophene rings is 1. The molecule has 1 rings (SSSR count). The van der Waals surface area contributed by atoms with Crippen molar-refractivity contribution in [1.82, 2.24) is 0 Å². The molecule has 0 amide bonds. The molecule has 0 aliphatic heterocycles. The van der Waals surface area contributed by atoms with Gasteiger partial charge in [0, 0.05) is 15.3 Å². The van der Waals surface area contributed by atoms with E-state index in [2.05, 4.69) is 41.5 Å². The average molecular weight is 228 g/mol. The fraction of sp³-hybridized carbons (Fsp3) is 0.692. The van der Waals surface area contributed by atoms with Gasteiger partial charge >= 0.3 is 0 Å².